The Labute approximate surface area is 117 Å². The fraction of sp³-hybridized carbons (Fsp3) is 0.385. The van der Waals surface area contributed by atoms with E-state index in [1.54, 1.807) is 25.2 Å². The fourth-order valence-corrected chi connectivity index (χ4v) is 1.78. The number of Topliss-reactive ketones (excluding diaryl/α,β-unsaturated/α-hetero) is 1. The molecule has 0 saturated heterocycles. The number of hydrogen-bond donors (Lipinski definition) is 0. The molecule has 1 heterocycles. The lowest BCUT2D eigenvalue weighted by Crippen LogP contribution is -2.16. The molecule has 104 valence electrons. The number of hydrogen-bond acceptors (Lipinski definition) is 4. The van der Waals surface area contributed by atoms with Crippen LogP contribution in [0.3, 0.4) is 0 Å². The number of aryl methyl sites for hydroxylation is 1. The van der Waals surface area contributed by atoms with Crippen molar-refractivity contribution in [1.82, 2.24) is 9.47 Å². The van der Waals surface area contributed by atoms with E-state index < -0.39 is 5.76 Å². The predicted molar refractivity (Wildman–Crippen MR) is 76.2 cm³/mol. The number of carbonyl (C=O) groups excluding carboxylic acids is 1. The predicted octanol–water partition coefficient (Wildman–Crippen LogP) is 1.69. The summed E-state index contributed by atoms with van der Waals surface area (Å²) >= 11 is 0. The van der Waals surface area contributed by atoms with Crippen LogP contribution in [0.25, 0.3) is 11.1 Å². The molecule has 1 aromatic carbocycles. The van der Waals surface area contributed by atoms with E-state index in [1.165, 1.54) is 4.57 Å². The van der Waals surface area contributed by atoms with Crippen LogP contribution in [0.5, 0.6) is 0 Å². The van der Waals surface area contributed by atoms with Gasteiger partial charge in [0.05, 0.1) is 5.52 Å². The van der Waals surface area contributed by atoms with Gasteiger partial charge in [0.25, 0.3) is 0 Å². The highest BCUT2D eigenvalue weighted by Crippen LogP contribution is 2.15. The Balaban J connectivity index is 0.00000180. The van der Waals surface area contributed by atoms with Crippen molar-refractivity contribution in [2.24, 2.45) is 7.05 Å². The molecule has 1 aromatic heterocycles. The van der Waals surface area contributed by atoms with Crippen molar-refractivity contribution in [3.05, 3.63) is 34.3 Å². The number of carbonyl (C=O) groups is 1. The SMILES string of the molecule is CN(C)CCC(=O)c1ccc2c(c1)oc(=O)n2C.Cl. The molecular weight excluding hydrogens is 268 g/mol. The molecule has 2 aromatic rings. The van der Waals surface area contributed by atoms with E-state index in [0.29, 0.717) is 29.6 Å². The highest BCUT2D eigenvalue weighted by molar-refractivity contribution is 5.98. The standard InChI is InChI=1S/C13H16N2O3.ClH/c1-14(2)7-6-11(16)9-4-5-10-12(8-9)18-13(17)15(10)3;/h4-5,8H,6-7H2,1-3H3;1H. The maximum absolute atomic E-state index is 11.9. The summed E-state index contributed by atoms with van der Waals surface area (Å²) in [7, 11) is 5.49. The van der Waals surface area contributed by atoms with E-state index in [0.717, 1.165) is 0 Å². The summed E-state index contributed by atoms with van der Waals surface area (Å²) in [4.78, 5) is 25.2. The van der Waals surface area contributed by atoms with Gasteiger partial charge >= 0.3 is 5.76 Å². The topological polar surface area (TPSA) is 55.5 Å². The number of nitrogens with zero attached hydrogens (tertiary/aromatic N) is 2. The number of rotatable bonds is 4. The van der Waals surface area contributed by atoms with E-state index in [9.17, 15) is 9.59 Å². The molecule has 0 aliphatic rings. The van der Waals surface area contributed by atoms with Crippen molar-refractivity contribution in [2.75, 3.05) is 20.6 Å². The smallest absolute Gasteiger partial charge is 0.408 e. The first-order chi connectivity index (χ1) is 8.49. The maximum atomic E-state index is 11.9. The van der Waals surface area contributed by atoms with Crippen LogP contribution >= 0.6 is 12.4 Å². The van der Waals surface area contributed by atoms with Gasteiger partial charge in [-0.1, -0.05) is 0 Å². The summed E-state index contributed by atoms with van der Waals surface area (Å²) in [6, 6.07) is 5.10. The molecule has 0 unspecified atom stereocenters. The second-order valence-corrected chi connectivity index (χ2v) is 4.59. The summed E-state index contributed by atoms with van der Waals surface area (Å²) in [6.45, 7) is 0.704. The normalized spacial score (nSPS) is 10.7. The molecule has 0 spiro atoms. The van der Waals surface area contributed by atoms with Gasteiger partial charge in [0.1, 0.15) is 0 Å². The quantitative estimate of drug-likeness (QED) is 0.802. The molecule has 2 rings (SSSR count). The number of fused-ring (bicyclic) bond motifs is 1. The third-order valence-corrected chi connectivity index (χ3v) is 2.90. The minimum absolute atomic E-state index is 0. The molecular formula is C13H17ClN2O3. The highest BCUT2D eigenvalue weighted by atomic mass is 35.5. The molecule has 0 fully saturated rings. The van der Waals surface area contributed by atoms with E-state index in [-0.39, 0.29) is 18.2 Å². The number of ketones is 1. The summed E-state index contributed by atoms with van der Waals surface area (Å²) in [6.07, 6.45) is 0.454. The zero-order chi connectivity index (χ0) is 13.3. The van der Waals surface area contributed by atoms with Gasteiger partial charge in [-0.2, -0.15) is 0 Å². The first-order valence-electron chi connectivity index (χ1n) is 5.76. The van der Waals surface area contributed by atoms with Crippen molar-refractivity contribution in [2.45, 2.75) is 6.42 Å². The van der Waals surface area contributed by atoms with E-state index >= 15 is 0 Å². The van der Waals surface area contributed by atoms with Gasteiger partial charge < -0.3 is 9.32 Å². The molecule has 5 nitrogen and oxygen atoms in total. The molecule has 19 heavy (non-hydrogen) atoms. The second-order valence-electron chi connectivity index (χ2n) is 4.59. The van der Waals surface area contributed by atoms with Gasteiger partial charge in [-0.05, 0) is 32.3 Å². The minimum Gasteiger partial charge on any atom is -0.408 e. The molecule has 6 heteroatoms. The molecule has 0 atom stereocenters. The molecule has 0 saturated carbocycles. The molecule has 0 bridgehead atoms. The van der Waals surface area contributed by atoms with Gasteiger partial charge in [0.2, 0.25) is 0 Å². The van der Waals surface area contributed by atoms with Crippen molar-refractivity contribution in [1.29, 1.82) is 0 Å². The number of oxazole rings is 1. The fourth-order valence-electron chi connectivity index (χ4n) is 1.78. The average molecular weight is 285 g/mol. The summed E-state index contributed by atoms with van der Waals surface area (Å²) in [5.74, 6) is -0.361. The van der Waals surface area contributed by atoms with Crippen LogP contribution in [0.2, 0.25) is 0 Å². The lowest BCUT2D eigenvalue weighted by molar-refractivity contribution is 0.0972. The Morgan fingerprint density at radius 3 is 2.68 bits per heavy atom. The molecule has 0 N–H and O–H groups in total. The lowest BCUT2D eigenvalue weighted by atomic mass is 10.1. The Bertz CT molecular complexity index is 643. The van der Waals surface area contributed by atoms with E-state index in [2.05, 4.69) is 0 Å². The summed E-state index contributed by atoms with van der Waals surface area (Å²) in [5, 5.41) is 0. The number of benzene rings is 1. The zero-order valence-corrected chi connectivity index (χ0v) is 12.0. The first kappa shape index (κ1) is 15.5. The monoisotopic (exact) mass is 284 g/mol. The molecule has 0 aliphatic carbocycles. The van der Waals surface area contributed by atoms with Crippen LogP contribution in [0.15, 0.2) is 27.4 Å². The molecule has 0 radical (unpaired) electrons. The van der Waals surface area contributed by atoms with Gasteiger partial charge in [-0.3, -0.25) is 9.36 Å². The average Bonchev–Trinajstić information content (AvgIpc) is 2.61. The van der Waals surface area contributed by atoms with Crippen LogP contribution in [0, 0.1) is 0 Å². The largest absolute Gasteiger partial charge is 0.419 e. The van der Waals surface area contributed by atoms with Gasteiger partial charge in [0, 0.05) is 25.6 Å². The van der Waals surface area contributed by atoms with Crippen LogP contribution < -0.4 is 5.76 Å². The minimum atomic E-state index is -0.414. The number of halogens is 1. The number of aromatic nitrogens is 1. The summed E-state index contributed by atoms with van der Waals surface area (Å²) < 4.78 is 6.48. The third-order valence-electron chi connectivity index (χ3n) is 2.90. The summed E-state index contributed by atoms with van der Waals surface area (Å²) in [5.41, 5.74) is 1.74. The van der Waals surface area contributed by atoms with Crippen molar-refractivity contribution < 1.29 is 9.21 Å². The van der Waals surface area contributed by atoms with Crippen molar-refractivity contribution in [3.8, 4) is 0 Å². The van der Waals surface area contributed by atoms with Gasteiger partial charge in [0.15, 0.2) is 11.4 Å². The van der Waals surface area contributed by atoms with Crippen LogP contribution in [0.1, 0.15) is 16.8 Å². The Hall–Kier alpha value is -1.59. The Morgan fingerprint density at radius 1 is 1.37 bits per heavy atom. The van der Waals surface area contributed by atoms with Crippen LogP contribution in [-0.4, -0.2) is 35.9 Å². The van der Waals surface area contributed by atoms with Gasteiger partial charge in [-0.25, -0.2) is 4.79 Å². The van der Waals surface area contributed by atoms with Crippen molar-refractivity contribution in [3.63, 3.8) is 0 Å². The van der Waals surface area contributed by atoms with E-state index in [4.69, 9.17) is 4.42 Å². The van der Waals surface area contributed by atoms with Gasteiger partial charge in [-0.15, -0.1) is 12.4 Å². The molecule has 0 aliphatic heterocycles. The first-order valence-corrected chi connectivity index (χ1v) is 5.76. The third kappa shape index (κ3) is 3.24. The maximum Gasteiger partial charge on any atom is 0.419 e. The lowest BCUT2D eigenvalue weighted by Gasteiger charge is -2.08. The second kappa shape index (κ2) is 6.04. The van der Waals surface area contributed by atoms with E-state index in [1.807, 2.05) is 19.0 Å². The van der Waals surface area contributed by atoms with Crippen LogP contribution in [-0.2, 0) is 7.05 Å². The Morgan fingerprint density at radius 2 is 2.05 bits per heavy atom. The zero-order valence-electron chi connectivity index (χ0n) is 11.2. The molecule has 0 amide bonds. The van der Waals surface area contributed by atoms with Crippen LogP contribution in [0.4, 0.5) is 0 Å². The Kier molecular flexibility index (Phi) is 4.91. The van der Waals surface area contributed by atoms with Crippen molar-refractivity contribution >= 4 is 29.3 Å². The highest BCUT2D eigenvalue weighted by Gasteiger charge is 2.11.